The summed E-state index contributed by atoms with van der Waals surface area (Å²) >= 11 is 0. The first-order valence-electron chi connectivity index (χ1n) is 9.55. The molecule has 2 atom stereocenters. The highest BCUT2D eigenvalue weighted by atomic mass is 16.5. The third kappa shape index (κ3) is 3.57. The van der Waals surface area contributed by atoms with Crippen molar-refractivity contribution in [1.82, 2.24) is 15.1 Å². The zero-order valence-corrected chi connectivity index (χ0v) is 15.4. The molecule has 2 aliphatic carbocycles. The Morgan fingerprint density at radius 1 is 1.19 bits per heavy atom. The van der Waals surface area contributed by atoms with Crippen LogP contribution in [0.5, 0.6) is 0 Å². The van der Waals surface area contributed by atoms with Gasteiger partial charge >= 0.3 is 0 Å². The lowest BCUT2D eigenvalue weighted by molar-refractivity contribution is -0.179. The Morgan fingerprint density at radius 2 is 1.85 bits per heavy atom. The molecule has 3 rings (SSSR count). The van der Waals surface area contributed by atoms with E-state index in [9.17, 15) is 19.6 Å². The van der Waals surface area contributed by atoms with Crippen LogP contribution < -0.4 is 0 Å². The molecule has 1 aliphatic heterocycles. The molecule has 0 aromatic carbocycles. The fraction of sp³-hybridized carbons (Fsp3) is 0.833. The lowest BCUT2D eigenvalue weighted by Crippen LogP contribution is -2.57. The summed E-state index contributed by atoms with van der Waals surface area (Å²) in [7, 11) is 1.46. The second kappa shape index (κ2) is 7.92. The summed E-state index contributed by atoms with van der Waals surface area (Å²) < 4.78 is 4.95. The fourth-order valence-electron chi connectivity index (χ4n) is 4.82. The number of amides is 3. The molecule has 1 saturated heterocycles. The van der Waals surface area contributed by atoms with Crippen LogP contribution in [-0.2, 0) is 19.1 Å². The van der Waals surface area contributed by atoms with Crippen molar-refractivity contribution in [3.05, 3.63) is 0 Å². The molecule has 3 aliphatic rings. The van der Waals surface area contributed by atoms with Gasteiger partial charge in [0.15, 0.2) is 0 Å². The van der Waals surface area contributed by atoms with Gasteiger partial charge in [-0.1, -0.05) is 25.7 Å². The molecule has 8 heteroatoms. The van der Waals surface area contributed by atoms with Crippen molar-refractivity contribution in [1.29, 1.82) is 0 Å². The zero-order valence-electron chi connectivity index (χ0n) is 15.4. The minimum absolute atomic E-state index is 0.000686. The van der Waals surface area contributed by atoms with Gasteiger partial charge in [0.05, 0.1) is 12.0 Å². The standard InChI is InChI=1S/C18H29N3O5/c1-26-11-16(23)20-8-4-5-9-21(20)17(24)18(12-19(25)13-22)10-15(18)14-6-2-3-7-14/h13-15,25H,2-12H2,1H3. The molecule has 2 saturated carbocycles. The SMILES string of the molecule is COCC(=O)N1CCCCN1C(=O)C1(CN(O)C=O)CC1C1CCCC1. The summed E-state index contributed by atoms with van der Waals surface area (Å²) in [6, 6.07) is 0. The summed E-state index contributed by atoms with van der Waals surface area (Å²) in [6.45, 7) is 0.914. The van der Waals surface area contributed by atoms with Crippen LogP contribution in [0, 0.1) is 17.3 Å². The highest BCUT2D eigenvalue weighted by Crippen LogP contribution is 2.61. The Hall–Kier alpha value is -1.67. The molecule has 146 valence electrons. The largest absolute Gasteiger partial charge is 0.375 e. The van der Waals surface area contributed by atoms with Gasteiger partial charge in [0, 0.05) is 20.2 Å². The maximum Gasteiger partial charge on any atom is 0.267 e. The Bertz CT molecular complexity index is 551. The number of carbonyl (C=O) groups excluding carboxylic acids is 3. The van der Waals surface area contributed by atoms with E-state index in [-0.39, 0.29) is 30.9 Å². The fourth-order valence-corrected chi connectivity index (χ4v) is 4.82. The third-order valence-corrected chi connectivity index (χ3v) is 6.17. The lowest BCUT2D eigenvalue weighted by Gasteiger charge is -2.41. The number of carbonyl (C=O) groups is 3. The molecule has 2 unspecified atom stereocenters. The normalized spacial score (nSPS) is 28.9. The second-order valence-electron chi connectivity index (χ2n) is 7.80. The van der Waals surface area contributed by atoms with E-state index in [1.165, 1.54) is 25.0 Å². The van der Waals surface area contributed by atoms with E-state index in [2.05, 4.69) is 0 Å². The Balaban J connectivity index is 1.80. The van der Waals surface area contributed by atoms with Crippen LogP contribution in [0.15, 0.2) is 0 Å². The maximum atomic E-state index is 13.5. The van der Waals surface area contributed by atoms with Gasteiger partial charge in [-0.25, -0.2) is 10.1 Å². The predicted molar refractivity (Wildman–Crippen MR) is 91.6 cm³/mol. The van der Waals surface area contributed by atoms with Crippen LogP contribution in [0.1, 0.15) is 44.9 Å². The van der Waals surface area contributed by atoms with E-state index < -0.39 is 5.41 Å². The predicted octanol–water partition coefficient (Wildman–Crippen LogP) is 1.04. The van der Waals surface area contributed by atoms with Crippen molar-refractivity contribution in [2.45, 2.75) is 44.9 Å². The van der Waals surface area contributed by atoms with Crippen molar-refractivity contribution in [3.8, 4) is 0 Å². The number of hydrazine groups is 1. The average molecular weight is 367 g/mol. The van der Waals surface area contributed by atoms with Gasteiger partial charge in [0.2, 0.25) is 12.3 Å². The average Bonchev–Trinajstić information content (AvgIpc) is 3.12. The molecule has 0 bridgehead atoms. The lowest BCUT2D eigenvalue weighted by atomic mass is 9.92. The number of hydrogen-bond acceptors (Lipinski definition) is 5. The van der Waals surface area contributed by atoms with Crippen LogP contribution >= 0.6 is 0 Å². The summed E-state index contributed by atoms with van der Waals surface area (Å²) in [5.74, 6) is 0.268. The molecule has 8 nitrogen and oxygen atoms in total. The van der Waals surface area contributed by atoms with Gasteiger partial charge in [-0.3, -0.25) is 24.6 Å². The van der Waals surface area contributed by atoms with Crippen LogP contribution in [0.25, 0.3) is 0 Å². The van der Waals surface area contributed by atoms with E-state index in [0.29, 0.717) is 36.9 Å². The summed E-state index contributed by atoms with van der Waals surface area (Å²) in [6.07, 6.45) is 7.24. The number of hydrogen-bond donors (Lipinski definition) is 1. The minimum Gasteiger partial charge on any atom is -0.375 e. The first-order valence-corrected chi connectivity index (χ1v) is 9.55. The zero-order chi connectivity index (χ0) is 18.7. The van der Waals surface area contributed by atoms with Crippen LogP contribution in [0.4, 0.5) is 0 Å². The smallest absolute Gasteiger partial charge is 0.267 e. The third-order valence-electron chi connectivity index (χ3n) is 6.17. The Labute approximate surface area is 154 Å². The minimum atomic E-state index is -0.770. The molecule has 0 radical (unpaired) electrons. The second-order valence-corrected chi connectivity index (χ2v) is 7.80. The number of ether oxygens (including phenoxy) is 1. The van der Waals surface area contributed by atoms with Gasteiger partial charge in [-0.15, -0.1) is 0 Å². The van der Waals surface area contributed by atoms with Crippen LogP contribution in [-0.4, -0.2) is 71.9 Å². The maximum absolute atomic E-state index is 13.5. The summed E-state index contributed by atoms with van der Waals surface area (Å²) in [5, 5.41) is 13.4. The van der Waals surface area contributed by atoms with Gasteiger partial charge in [0.1, 0.15) is 6.61 Å². The quantitative estimate of drug-likeness (QED) is 0.413. The first kappa shape index (κ1) is 19.1. The van der Waals surface area contributed by atoms with Crippen LogP contribution in [0.3, 0.4) is 0 Å². The molecular weight excluding hydrogens is 338 g/mol. The summed E-state index contributed by atoms with van der Waals surface area (Å²) in [5.41, 5.74) is -0.770. The van der Waals surface area contributed by atoms with Crippen molar-refractivity contribution in [3.63, 3.8) is 0 Å². The van der Waals surface area contributed by atoms with Crippen molar-refractivity contribution in [2.75, 3.05) is 33.4 Å². The molecule has 3 fully saturated rings. The molecule has 0 aromatic heterocycles. The number of nitrogens with zero attached hydrogens (tertiary/aromatic N) is 3. The molecule has 1 N–H and O–H groups in total. The van der Waals surface area contributed by atoms with E-state index in [4.69, 9.17) is 4.74 Å². The number of rotatable bonds is 7. The number of hydroxylamine groups is 2. The number of methoxy groups -OCH3 is 1. The van der Waals surface area contributed by atoms with E-state index in [1.807, 2.05) is 0 Å². The van der Waals surface area contributed by atoms with Crippen molar-refractivity contribution < 1.29 is 24.3 Å². The molecule has 26 heavy (non-hydrogen) atoms. The highest BCUT2D eigenvalue weighted by molar-refractivity contribution is 5.89. The molecule has 3 amide bonds. The Kier molecular flexibility index (Phi) is 5.82. The highest BCUT2D eigenvalue weighted by Gasteiger charge is 2.65. The van der Waals surface area contributed by atoms with Crippen molar-refractivity contribution in [2.24, 2.45) is 17.3 Å². The molecule has 0 spiro atoms. The first-order chi connectivity index (χ1) is 12.5. The van der Waals surface area contributed by atoms with E-state index >= 15 is 0 Å². The van der Waals surface area contributed by atoms with E-state index in [1.54, 1.807) is 5.01 Å². The van der Waals surface area contributed by atoms with Gasteiger partial charge in [-0.05, 0) is 31.1 Å². The van der Waals surface area contributed by atoms with E-state index in [0.717, 1.165) is 25.7 Å². The van der Waals surface area contributed by atoms with Gasteiger partial charge in [0.25, 0.3) is 5.91 Å². The monoisotopic (exact) mass is 367 g/mol. The molecular formula is C18H29N3O5. The Morgan fingerprint density at radius 3 is 2.46 bits per heavy atom. The molecule has 1 heterocycles. The van der Waals surface area contributed by atoms with Gasteiger partial charge < -0.3 is 4.74 Å². The topological polar surface area (TPSA) is 90.4 Å². The van der Waals surface area contributed by atoms with Gasteiger partial charge in [-0.2, -0.15) is 0 Å². The van der Waals surface area contributed by atoms with Crippen molar-refractivity contribution >= 4 is 18.2 Å². The molecule has 0 aromatic rings. The summed E-state index contributed by atoms with van der Waals surface area (Å²) in [4.78, 5) is 36.8. The van der Waals surface area contributed by atoms with Crippen LogP contribution in [0.2, 0.25) is 0 Å².